The van der Waals surface area contributed by atoms with Crippen LogP contribution in [0.1, 0.15) is 25.3 Å². The third kappa shape index (κ3) is 4.84. The first-order chi connectivity index (χ1) is 10.1. The Labute approximate surface area is 125 Å². The predicted octanol–water partition coefficient (Wildman–Crippen LogP) is 3.97. The van der Waals surface area contributed by atoms with Gasteiger partial charge in [0.15, 0.2) is 6.73 Å². The highest BCUT2D eigenvalue weighted by Gasteiger charge is 2.03. The van der Waals surface area contributed by atoms with Crippen LogP contribution in [-0.4, -0.2) is 12.8 Å². The van der Waals surface area contributed by atoms with Gasteiger partial charge in [0.05, 0.1) is 0 Å². The van der Waals surface area contributed by atoms with Gasteiger partial charge in [0.1, 0.15) is 5.75 Å². The zero-order chi connectivity index (χ0) is 15.1. The molecule has 0 aromatic heterocycles. The second-order valence-electron chi connectivity index (χ2n) is 5.01. The number of rotatable bonds is 5. The van der Waals surface area contributed by atoms with Crippen LogP contribution in [0.25, 0.3) is 0 Å². The number of amides is 2. The SMILES string of the molecule is CC(C)c1ccc(NC(=O)NCOc2ccccc2)cc1. The number of urea groups is 1. The molecule has 0 saturated carbocycles. The average molecular weight is 284 g/mol. The molecule has 4 heteroatoms. The molecular formula is C17H20N2O2. The highest BCUT2D eigenvalue weighted by atomic mass is 16.5. The topological polar surface area (TPSA) is 50.4 Å². The smallest absolute Gasteiger partial charge is 0.321 e. The molecule has 0 aliphatic carbocycles. The van der Waals surface area contributed by atoms with Crippen LogP contribution >= 0.6 is 0 Å². The van der Waals surface area contributed by atoms with E-state index >= 15 is 0 Å². The van der Waals surface area contributed by atoms with E-state index in [1.165, 1.54) is 5.56 Å². The van der Waals surface area contributed by atoms with Crippen LogP contribution in [0.3, 0.4) is 0 Å². The first kappa shape index (κ1) is 14.9. The van der Waals surface area contributed by atoms with Gasteiger partial charge in [-0.3, -0.25) is 0 Å². The monoisotopic (exact) mass is 284 g/mol. The van der Waals surface area contributed by atoms with E-state index in [2.05, 4.69) is 24.5 Å². The summed E-state index contributed by atoms with van der Waals surface area (Å²) in [5.74, 6) is 1.20. The van der Waals surface area contributed by atoms with Gasteiger partial charge in [-0.15, -0.1) is 0 Å². The maximum Gasteiger partial charge on any atom is 0.321 e. The van der Waals surface area contributed by atoms with E-state index in [0.717, 1.165) is 11.4 Å². The molecule has 4 nitrogen and oxygen atoms in total. The Morgan fingerprint density at radius 2 is 1.71 bits per heavy atom. The molecule has 2 aromatic rings. The first-order valence-corrected chi connectivity index (χ1v) is 6.98. The fourth-order valence-corrected chi connectivity index (χ4v) is 1.83. The van der Waals surface area contributed by atoms with E-state index in [1.807, 2.05) is 54.6 Å². The molecular weight excluding hydrogens is 264 g/mol. The highest BCUT2D eigenvalue weighted by Crippen LogP contribution is 2.16. The van der Waals surface area contributed by atoms with Crippen molar-refractivity contribution in [2.75, 3.05) is 12.0 Å². The lowest BCUT2D eigenvalue weighted by atomic mass is 10.0. The van der Waals surface area contributed by atoms with Crippen molar-refractivity contribution in [1.82, 2.24) is 5.32 Å². The number of hydrogen-bond donors (Lipinski definition) is 2. The van der Waals surface area contributed by atoms with Crippen LogP contribution in [-0.2, 0) is 0 Å². The van der Waals surface area contributed by atoms with Gasteiger partial charge < -0.3 is 15.4 Å². The third-order valence-electron chi connectivity index (χ3n) is 3.05. The fraction of sp³-hybridized carbons (Fsp3) is 0.235. The van der Waals surface area contributed by atoms with Crippen LogP contribution in [0.2, 0.25) is 0 Å². The van der Waals surface area contributed by atoms with Gasteiger partial charge in [-0.05, 0) is 35.7 Å². The Kier molecular flexibility index (Phi) is 5.21. The number of anilines is 1. The van der Waals surface area contributed by atoms with E-state index in [0.29, 0.717) is 5.92 Å². The molecule has 0 aliphatic heterocycles. The van der Waals surface area contributed by atoms with Crippen molar-refractivity contribution >= 4 is 11.7 Å². The Balaban J connectivity index is 1.76. The van der Waals surface area contributed by atoms with Crippen molar-refractivity contribution < 1.29 is 9.53 Å². The molecule has 2 aromatic carbocycles. The zero-order valence-electron chi connectivity index (χ0n) is 12.3. The largest absolute Gasteiger partial charge is 0.473 e. The van der Waals surface area contributed by atoms with Crippen molar-refractivity contribution in [2.24, 2.45) is 0 Å². The first-order valence-electron chi connectivity index (χ1n) is 6.98. The number of benzene rings is 2. The van der Waals surface area contributed by atoms with Crippen LogP contribution in [0.4, 0.5) is 10.5 Å². The summed E-state index contributed by atoms with van der Waals surface area (Å²) >= 11 is 0. The van der Waals surface area contributed by atoms with Gasteiger partial charge >= 0.3 is 6.03 Å². The number of hydrogen-bond acceptors (Lipinski definition) is 2. The van der Waals surface area contributed by atoms with E-state index < -0.39 is 0 Å². The van der Waals surface area contributed by atoms with Crippen LogP contribution in [0, 0.1) is 0 Å². The maximum absolute atomic E-state index is 11.7. The lowest BCUT2D eigenvalue weighted by molar-refractivity contribution is 0.234. The lowest BCUT2D eigenvalue weighted by Crippen LogP contribution is -2.31. The Hall–Kier alpha value is -2.49. The number of carbonyl (C=O) groups is 1. The summed E-state index contributed by atoms with van der Waals surface area (Å²) < 4.78 is 5.39. The molecule has 2 N–H and O–H groups in total. The van der Waals surface area contributed by atoms with Crippen molar-refractivity contribution in [2.45, 2.75) is 19.8 Å². The minimum absolute atomic E-state index is 0.125. The molecule has 0 fully saturated rings. The summed E-state index contributed by atoms with van der Waals surface area (Å²) in [6.45, 7) is 4.39. The fourth-order valence-electron chi connectivity index (χ4n) is 1.83. The van der Waals surface area contributed by atoms with Gasteiger partial charge in [0.2, 0.25) is 0 Å². The van der Waals surface area contributed by atoms with Gasteiger partial charge in [-0.25, -0.2) is 4.79 Å². The molecule has 0 unspecified atom stereocenters. The molecule has 2 amide bonds. The third-order valence-corrected chi connectivity index (χ3v) is 3.05. The minimum atomic E-state index is -0.289. The standard InChI is InChI=1S/C17H20N2O2/c1-13(2)14-8-10-15(11-9-14)19-17(20)18-12-21-16-6-4-3-5-7-16/h3-11,13H,12H2,1-2H3,(H2,18,19,20). The Morgan fingerprint density at radius 3 is 2.33 bits per heavy atom. The molecule has 0 atom stereocenters. The number of nitrogens with one attached hydrogen (secondary N) is 2. The maximum atomic E-state index is 11.7. The average Bonchev–Trinajstić information content (AvgIpc) is 2.49. The Bertz CT molecular complexity index is 565. The van der Waals surface area contributed by atoms with E-state index in [-0.39, 0.29) is 12.8 Å². The summed E-state index contributed by atoms with van der Waals surface area (Å²) in [6.07, 6.45) is 0. The summed E-state index contributed by atoms with van der Waals surface area (Å²) in [5.41, 5.74) is 2.00. The van der Waals surface area contributed by atoms with Crippen molar-refractivity contribution in [3.05, 3.63) is 60.2 Å². The summed E-state index contributed by atoms with van der Waals surface area (Å²) in [5, 5.41) is 5.41. The second-order valence-corrected chi connectivity index (χ2v) is 5.01. The van der Waals surface area contributed by atoms with E-state index in [4.69, 9.17) is 4.74 Å². The van der Waals surface area contributed by atoms with Crippen LogP contribution in [0.15, 0.2) is 54.6 Å². The normalized spacial score (nSPS) is 10.2. The summed E-state index contributed by atoms with van der Waals surface area (Å²) in [4.78, 5) is 11.7. The van der Waals surface area contributed by atoms with Gasteiger partial charge in [0.25, 0.3) is 0 Å². The van der Waals surface area contributed by atoms with Gasteiger partial charge in [-0.2, -0.15) is 0 Å². The highest BCUT2D eigenvalue weighted by molar-refractivity contribution is 5.89. The van der Waals surface area contributed by atoms with Crippen molar-refractivity contribution in [1.29, 1.82) is 0 Å². The molecule has 110 valence electrons. The van der Waals surface area contributed by atoms with E-state index in [1.54, 1.807) is 0 Å². The lowest BCUT2D eigenvalue weighted by Gasteiger charge is -2.10. The molecule has 0 radical (unpaired) electrons. The Morgan fingerprint density at radius 1 is 1.05 bits per heavy atom. The molecule has 0 aliphatic rings. The zero-order valence-corrected chi connectivity index (χ0v) is 12.3. The molecule has 0 saturated heterocycles. The molecule has 0 bridgehead atoms. The molecule has 21 heavy (non-hydrogen) atoms. The van der Waals surface area contributed by atoms with Gasteiger partial charge in [-0.1, -0.05) is 44.2 Å². The summed E-state index contributed by atoms with van der Waals surface area (Å²) in [6, 6.07) is 16.9. The number of ether oxygens (including phenoxy) is 1. The molecule has 0 heterocycles. The van der Waals surface area contributed by atoms with E-state index in [9.17, 15) is 4.79 Å². The second kappa shape index (κ2) is 7.33. The molecule has 0 spiro atoms. The van der Waals surface area contributed by atoms with Crippen molar-refractivity contribution in [3.63, 3.8) is 0 Å². The number of carbonyl (C=O) groups excluding carboxylic acids is 1. The van der Waals surface area contributed by atoms with Crippen molar-refractivity contribution in [3.8, 4) is 5.75 Å². The minimum Gasteiger partial charge on any atom is -0.473 e. The van der Waals surface area contributed by atoms with Gasteiger partial charge in [0, 0.05) is 5.69 Å². The molecule has 2 rings (SSSR count). The quantitative estimate of drug-likeness (QED) is 0.816. The predicted molar refractivity (Wildman–Crippen MR) is 84.6 cm³/mol. The number of para-hydroxylation sites is 1. The van der Waals surface area contributed by atoms with Crippen LogP contribution in [0.5, 0.6) is 5.75 Å². The van der Waals surface area contributed by atoms with Crippen LogP contribution < -0.4 is 15.4 Å². The summed E-state index contributed by atoms with van der Waals surface area (Å²) in [7, 11) is 0.